The molecule has 1 aliphatic carbocycles. The van der Waals surface area contributed by atoms with Crippen molar-refractivity contribution in [3.8, 4) is 20.2 Å². The van der Waals surface area contributed by atoms with Crippen LogP contribution in [-0.2, 0) is 12.8 Å². The van der Waals surface area contributed by atoms with E-state index >= 15 is 0 Å². The molecule has 3 aromatic rings. The van der Waals surface area contributed by atoms with E-state index in [4.69, 9.17) is 0 Å². The molecule has 0 atom stereocenters. The van der Waals surface area contributed by atoms with E-state index in [-0.39, 0.29) is 0 Å². The Morgan fingerprint density at radius 1 is 0.773 bits per heavy atom. The molecule has 4 rings (SSSR count). The van der Waals surface area contributed by atoms with Crippen molar-refractivity contribution in [1.29, 1.82) is 0 Å². The summed E-state index contributed by atoms with van der Waals surface area (Å²) < 4.78 is 0. The Kier molecular flexibility index (Phi) is 3.51. The Labute approximate surface area is 139 Å². The maximum Gasteiger partial charge on any atom is 0.0487 e. The Morgan fingerprint density at radius 2 is 1.45 bits per heavy atom. The molecule has 1 aliphatic rings. The lowest BCUT2D eigenvalue weighted by Crippen LogP contribution is -2.04. The minimum absolute atomic E-state index is 1.10. The standard InChI is InChI=1S/C20H18S2/c1-13-11-16-17(12-14(13)2)20(18-9-6-10-21-18)22-19(16)15-7-4-3-5-8-15/h3-10H,11-12H2,1-2H3. The van der Waals surface area contributed by atoms with Gasteiger partial charge in [0.1, 0.15) is 0 Å². The fraction of sp³-hybridized carbons (Fsp3) is 0.200. The lowest BCUT2D eigenvalue weighted by Gasteiger charge is -2.18. The van der Waals surface area contributed by atoms with E-state index in [0.717, 1.165) is 12.8 Å². The number of hydrogen-bond acceptors (Lipinski definition) is 2. The predicted octanol–water partition coefficient (Wildman–Crippen LogP) is 6.58. The summed E-state index contributed by atoms with van der Waals surface area (Å²) in [7, 11) is 0. The molecule has 110 valence electrons. The lowest BCUT2D eigenvalue weighted by molar-refractivity contribution is 0.966. The van der Waals surface area contributed by atoms with Crippen LogP contribution in [0, 0.1) is 0 Å². The monoisotopic (exact) mass is 322 g/mol. The molecule has 0 N–H and O–H groups in total. The third kappa shape index (κ3) is 2.27. The highest BCUT2D eigenvalue weighted by Gasteiger charge is 2.24. The number of benzene rings is 1. The molecule has 0 fully saturated rings. The molecule has 2 aromatic heterocycles. The first-order chi connectivity index (χ1) is 10.7. The summed E-state index contributed by atoms with van der Waals surface area (Å²) in [6.07, 6.45) is 2.21. The maximum atomic E-state index is 2.29. The molecule has 0 unspecified atom stereocenters. The fourth-order valence-corrected chi connectivity index (χ4v) is 5.36. The number of allylic oxidation sites excluding steroid dienone is 2. The Bertz CT molecular complexity index is 833. The van der Waals surface area contributed by atoms with Crippen LogP contribution in [0.25, 0.3) is 20.2 Å². The Morgan fingerprint density at radius 3 is 2.09 bits per heavy atom. The summed E-state index contributed by atoms with van der Waals surface area (Å²) >= 11 is 3.83. The van der Waals surface area contributed by atoms with Gasteiger partial charge in [-0.3, -0.25) is 0 Å². The van der Waals surface area contributed by atoms with Gasteiger partial charge in [0.2, 0.25) is 0 Å². The van der Waals surface area contributed by atoms with Gasteiger partial charge >= 0.3 is 0 Å². The van der Waals surface area contributed by atoms with Crippen LogP contribution in [0.1, 0.15) is 25.0 Å². The normalized spacial score (nSPS) is 14.3. The van der Waals surface area contributed by atoms with Crippen LogP contribution in [0.3, 0.4) is 0 Å². The molecule has 0 bridgehead atoms. The van der Waals surface area contributed by atoms with Crippen LogP contribution in [0.15, 0.2) is 59.0 Å². The number of hydrogen-bond donors (Lipinski definition) is 0. The van der Waals surface area contributed by atoms with Gasteiger partial charge in [0, 0.05) is 14.6 Å². The summed E-state index contributed by atoms with van der Waals surface area (Å²) in [5.41, 5.74) is 7.57. The SMILES string of the molecule is CC1=C(C)Cc2c(-c3cccs3)sc(-c3ccccc3)c2C1. The third-order valence-electron chi connectivity index (χ3n) is 4.51. The topological polar surface area (TPSA) is 0 Å². The summed E-state index contributed by atoms with van der Waals surface area (Å²) in [6.45, 7) is 4.58. The average Bonchev–Trinajstić information content (AvgIpc) is 3.16. The summed E-state index contributed by atoms with van der Waals surface area (Å²) in [5, 5.41) is 2.18. The van der Waals surface area contributed by atoms with Gasteiger partial charge in [-0.1, -0.05) is 47.5 Å². The van der Waals surface area contributed by atoms with Crippen molar-refractivity contribution in [3.05, 3.63) is 70.1 Å². The average molecular weight is 322 g/mol. The molecule has 2 heteroatoms. The molecule has 0 nitrogen and oxygen atoms in total. The van der Waals surface area contributed by atoms with Gasteiger partial charge in [0.15, 0.2) is 0 Å². The van der Waals surface area contributed by atoms with Crippen LogP contribution in [0.4, 0.5) is 0 Å². The van der Waals surface area contributed by atoms with Gasteiger partial charge in [-0.2, -0.15) is 0 Å². The van der Waals surface area contributed by atoms with E-state index in [1.807, 2.05) is 22.7 Å². The van der Waals surface area contributed by atoms with Crippen molar-refractivity contribution in [3.63, 3.8) is 0 Å². The Hall–Kier alpha value is -1.64. The molecule has 0 radical (unpaired) electrons. The van der Waals surface area contributed by atoms with E-state index in [9.17, 15) is 0 Å². The van der Waals surface area contributed by atoms with Gasteiger partial charge in [0.05, 0.1) is 0 Å². The highest BCUT2D eigenvalue weighted by molar-refractivity contribution is 7.23. The summed E-state index contributed by atoms with van der Waals surface area (Å²) in [4.78, 5) is 4.36. The van der Waals surface area contributed by atoms with E-state index in [1.54, 1.807) is 22.3 Å². The predicted molar refractivity (Wildman–Crippen MR) is 98.9 cm³/mol. The highest BCUT2D eigenvalue weighted by atomic mass is 32.1. The lowest BCUT2D eigenvalue weighted by atomic mass is 9.86. The van der Waals surface area contributed by atoms with Crippen molar-refractivity contribution in [2.45, 2.75) is 26.7 Å². The molecule has 0 saturated carbocycles. The minimum Gasteiger partial charge on any atom is -0.143 e. The second-order valence-electron chi connectivity index (χ2n) is 5.97. The summed E-state index contributed by atoms with van der Waals surface area (Å²) in [6, 6.07) is 15.3. The van der Waals surface area contributed by atoms with Gasteiger partial charge < -0.3 is 0 Å². The molecule has 0 amide bonds. The first-order valence-corrected chi connectivity index (χ1v) is 9.32. The van der Waals surface area contributed by atoms with Crippen molar-refractivity contribution in [1.82, 2.24) is 0 Å². The van der Waals surface area contributed by atoms with E-state index in [0.29, 0.717) is 0 Å². The first-order valence-electron chi connectivity index (χ1n) is 7.63. The molecule has 0 spiro atoms. The molecule has 1 aromatic carbocycles. The quantitative estimate of drug-likeness (QED) is 0.467. The molecule has 0 saturated heterocycles. The van der Waals surface area contributed by atoms with Crippen LogP contribution in [-0.4, -0.2) is 0 Å². The fourth-order valence-electron chi connectivity index (χ4n) is 3.13. The zero-order chi connectivity index (χ0) is 15.1. The highest BCUT2D eigenvalue weighted by Crippen LogP contribution is 2.47. The number of fused-ring (bicyclic) bond motifs is 1. The van der Waals surface area contributed by atoms with Crippen LogP contribution in [0.5, 0.6) is 0 Å². The number of rotatable bonds is 2. The van der Waals surface area contributed by atoms with Crippen LogP contribution < -0.4 is 0 Å². The molecule has 2 heterocycles. The van der Waals surface area contributed by atoms with Gasteiger partial charge in [0.25, 0.3) is 0 Å². The van der Waals surface area contributed by atoms with Gasteiger partial charge in [-0.15, -0.1) is 22.7 Å². The van der Waals surface area contributed by atoms with Crippen LogP contribution >= 0.6 is 22.7 Å². The minimum atomic E-state index is 1.10. The zero-order valence-corrected chi connectivity index (χ0v) is 14.5. The van der Waals surface area contributed by atoms with Gasteiger partial charge in [-0.05, 0) is 54.8 Å². The molecule has 22 heavy (non-hydrogen) atoms. The van der Waals surface area contributed by atoms with Crippen molar-refractivity contribution in [2.75, 3.05) is 0 Å². The van der Waals surface area contributed by atoms with Crippen molar-refractivity contribution >= 4 is 22.7 Å². The maximum absolute atomic E-state index is 2.29. The van der Waals surface area contributed by atoms with E-state index in [1.165, 1.54) is 20.2 Å². The smallest absolute Gasteiger partial charge is 0.0487 e. The molecular weight excluding hydrogens is 304 g/mol. The third-order valence-corrected chi connectivity index (χ3v) is 6.88. The zero-order valence-electron chi connectivity index (χ0n) is 12.8. The van der Waals surface area contributed by atoms with E-state index in [2.05, 4.69) is 61.7 Å². The second-order valence-corrected chi connectivity index (χ2v) is 7.94. The second kappa shape index (κ2) is 5.53. The largest absolute Gasteiger partial charge is 0.143 e. The van der Waals surface area contributed by atoms with Crippen molar-refractivity contribution in [2.24, 2.45) is 0 Å². The first kappa shape index (κ1) is 14.0. The molecule has 0 aliphatic heterocycles. The Balaban J connectivity index is 1.94. The number of thiophene rings is 2. The van der Waals surface area contributed by atoms with Gasteiger partial charge in [-0.25, -0.2) is 0 Å². The van der Waals surface area contributed by atoms with Crippen molar-refractivity contribution < 1.29 is 0 Å². The summed E-state index contributed by atoms with van der Waals surface area (Å²) in [5.74, 6) is 0. The molecular formula is C20H18S2. The van der Waals surface area contributed by atoms with Crippen LogP contribution in [0.2, 0.25) is 0 Å². The van der Waals surface area contributed by atoms with E-state index < -0.39 is 0 Å².